The average molecular weight is 360 g/mol. The first-order chi connectivity index (χ1) is 12.2. The van der Waals surface area contributed by atoms with Crippen molar-refractivity contribution in [2.45, 2.75) is 25.8 Å². The highest BCUT2D eigenvalue weighted by atomic mass is 32.1. The van der Waals surface area contributed by atoms with E-state index in [0.717, 1.165) is 31.5 Å². The molecule has 0 atom stereocenters. The number of rotatable bonds is 2. The molecule has 0 radical (unpaired) electrons. The zero-order valence-corrected chi connectivity index (χ0v) is 14.7. The fourth-order valence-corrected chi connectivity index (χ4v) is 3.77. The van der Waals surface area contributed by atoms with E-state index in [1.165, 1.54) is 11.3 Å². The van der Waals surface area contributed by atoms with Crippen molar-refractivity contribution in [2.75, 3.05) is 31.5 Å². The summed E-state index contributed by atoms with van der Waals surface area (Å²) in [5, 5.41) is 9.64. The number of hydrogen-bond donors (Lipinski definition) is 1. The van der Waals surface area contributed by atoms with E-state index in [9.17, 15) is 9.59 Å². The molecule has 0 spiro atoms. The van der Waals surface area contributed by atoms with Gasteiger partial charge in [0.25, 0.3) is 5.91 Å². The van der Waals surface area contributed by atoms with Crippen LogP contribution in [-0.2, 0) is 13.0 Å². The molecule has 0 aromatic carbocycles. The molecule has 2 aromatic rings. The van der Waals surface area contributed by atoms with Crippen LogP contribution in [0.4, 0.5) is 9.93 Å². The number of amides is 3. The van der Waals surface area contributed by atoms with Crippen LogP contribution in [0.15, 0.2) is 17.6 Å². The molecule has 1 N–H and O–H groups in total. The highest BCUT2D eigenvalue weighted by molar-refractivity contribution is 7.13. The normalized spacial score (nSPS) is 17.3. The lowest BCUT2D eigenvalue weighted by Gasteiger charge is -2.34. The van der Waals surface area contributed by atoms with E-state index in [1.54, 1.807) is 16.0 Å². The Bertz CT molecular complexity index is 740. The van der Waals surface area contributed by atoms with Crippen molar-refractivity contribution in [2.24, 2.45) is 0 Å². The number of aryl methyl sites for hydroxylation is 2. The minimum absolute atomic E-state index is 0.0399. The SMILES string of the molecule is O=C(Nc1nccs1)N1CCN(C(=O)c2cc3n(n2)CCCC3)CC1. The van der Waals surface area contributed by atoms with Gasteiger partial charge in [-0.1, -0.05) is 0 Å². The summed E-state index contributed by atoms with van der Waals surface area (Å²) in [6.45, 7) is 2.96. The van der Waals surface area contributed by atoms with Crippen LogP contribution in [0, 0.1) is 0 Å². The summed E-state index contributed by atoms with van der Waals surface area (Å²) in [6.07, 6.45) is 4.92. The standard InChI is InChI=1S/C16H20N6O2S/c23-14(13-11-12-3-1-2-5-22(12)19-13)20-6-8-21(9-7-20)16(24)18-15-17-4-10-25-15/h4,10-11H,1-3,5-9H2,(H,17,18,24). The van der Waals surface area contributed by atoms with Gasteiger partial charge in [0.15, 0.2) is 10.8 Å². The molecule has 2 aromatic heterocycles. The number of piperazine rings is 1. The number of hydrogen-bond acceptors (Lipinski definition) is 5. The summed E-state index contributed by atoms with van der Waals surface area (Å²) in [6, 6.07) is 1.75. The summed E-state index contributed by atoms with van der Waals surface area (Å²) in [7, 11) is 0. The molecule has 0 aliphatic carbocycles. The molecule has 0 unspecified atom stereocenters. The van der Waals surface area contributed by atoms with Crippen LogP contribution in [0.5, 0.6) is 0 Å². The third-order valence-corrected chi connectivity index (χ3v) is 5.32. The largest absolute Gasteiger partial charge is 0.334 e. The zero-order chi connectivity index (χ0) is 17.2. The first-order valence-electron chi connectivity index (χ1n) is 8.52. The number of carbonyl (C=O) groups excluding carboxylic acids is 2. The fraction of sp³-hybridized carbons (Fsp3) is 0.500. The second kappa shape index (κ2) is 6.83. The Morgan fingerprint density at radius 3 is 2.60 bits per heavy atom. The van der Waals surface area contributed by atoms with Gasteiger partial charge in [-0.3, -0.25) is 14.8 Å². The molecule has 132 valence electrons. The average Bonchev–Trinajstić information content (AvgIpc) is 3.30. The summed E-state index contributed by atoms with van der Waals surface area (Å²) in [5.74, 6) is -0.0399. The van der Waals surface area contributed by atoms with E-state index in [0.29, 0.717) is 37.0 Å². The Morgan fingerprint density at radius 1 is 1.08 bits per heavy atom. The molecule has 9 heteroatoms. The van der Waals surface area contributed by atoms with Crippen LogP contribution in [-0.4, -0.2) is 62.7 Å². The Kier molecular flexibility index (Phi) is 4.39. The number of anilines is 1. The maximum atomic E-state index is 12.7. The van der Waals surface area contributed by atoms with Gasteiger partial charge in [-0.2, -0.15) is 5.10 Å². The van der Waals surface area contributed by atoms with Gasteiger partial charge in [0.1, 0.15) is 0 Å². The molecular weight excluding hydrogens is 340 g/mol. The van der Waals surface area contributed by atoms with Crippen LogP contribution < -0.4 is 5.32 Å². The predicted molar refractivity (Wildman–Crippen MR) is 93.8 cm³/mol. The van der Waals surface area contributed by atoms with E-state index in [2.05, 4.69) is 15.4 Å². The van der Waals surface area contributed by atoms with Crippen molar-refractivity contribution in [3.63, 3.8) is 0 Å². The Hall–Kier alpha value is -2.42. The van der Waals surface area contributed by atoms with Crippen LogP contribution in [0.3, 0.4) is 0 Å². The molecule has 25 heavy (non-hydrogen) atoms. The van der Waals surface area contributed by atoms with Crippen LogP contribution in [0.1, 0.15) is 29.0 Å². The topological polar surface area (TPSA) is 83.4 Å². The molecule has 2 aliphatic rings. The van der Waals surface area contributed by atoms with Crippen LogP contribution >= 0.6 is 11.3 Å². The maximum absolute atomic E-state index is 12.7. The van der Waals surface area contributed by atoms with Crippen molar-refractivity contribution in [1.29, 1.82) is 0 Å². The number of nitrogens with zero attached hydrogens (tertiary/aromatic N) is 5. The molecule has 8 nitrogen and oxygen atoms in total. The fourth-order valence-electron chi connectivity index (χ4n) is 3.25. The Morgan fingerprint density at radius 2 is 1.88 bits per heavy atom. The first-order valence-corrected chi connectivity index (χ1v) is 9.40. The molecule has 0 bridgehead atoms. The Labute approximate surface area is 149 Å². The Balaban J connectivity index is 1.34. The van der Waals surface area contributed by atoms with Crippen LogP contribution in [0.25, 0.3) is 0 Å². The molecule has 2 aliphatic heterocycles. The second-order valence-corrected chi connectivity index (χ2v) is 7.14. The third-order valence-electron chi connectivity index (χ3n) is 4.64. The smallest absolute Gasteiger partial charge is 0.323 e. The third kappa shape index (κ3) is 3.37. The van der Waals surface area contributed by atoms with Gasteiger partial charge in [-0.25, -0.2) is 9.78 Å². The van der Waals surface area contributed by atoms with Gasteiger partial charge in [-0.15, -0.1) is 11.3 Å². The quantitative estimate of drug-likeness (QED) is 0.883. The molecule has 0 saturated carbocycles. The van der Waals surface area contributed by atoms with Gasteiger partial charge in [0.2, 0.25) is 0 Å². The number of carbonyl (C=O) groups is 2. The lowest BCUT2D eigenvalue weighted by atomic mass is 10.1. The minimum Gasteiger partial charge on any atom is -0.334 e. The number of thiazole rings is 1. The van der Waals surface area contributed by atoms with Crippen molar-refractivity contribution >= 4 is 28.4 Å². The van der Waals surface area contributed by atoms with E-state index in [4.69, 9.17) is 0 Å². The highest BCUT2D eigenvalue weighted by Gasteiger charge is 2.27. The zero-order valence-electron chi connectivity index (χ0n) is 13.8. The van der Waals surface area contributed by atoms with Crippen LogP contribution in [0.2, 0.25) is 0 Å². The summed E-state index contributed by atoms with van der Waals surface area (Å²) in [5.41, 5.74) is 1.67. The van der Waals surface area contributed by atoms with Gasteiger partial charge in [-0.05, 0) is 25.3 Å². The predicted octanol–water partition coefficient (Wildman–Crippen LogP) is 1.67. The van der Waals surface area contributed by atoms with Crippen molar-refractivity contribution in [1.82, 2.24) is 24.6 Å². The van der Waals surface area contributed by atoms with E-state index >= 15 is 0 Å². The molecular formula is C16H20N6O2S. The minimum atomic E-state index is -0.167. The summed E-state index contributed by atoms with van der Waals surface area (Å²) in [4.78, 5) is 32.4. The van der Waals surface area contributed by atoms with E-state index in [1.807, 2.05) is 16.1 Å². The molecule has 1 saturated heterocycles. The maximum Gasteiger partial charge on any atom is 0.323 e. The van der Waals surface area contributed by atoms with Gasteiger partial charge >= 0.3 is 6.03 Å². The number of aromatic nitrogens is 3. The summed E-state index contributed by atoms with van der Waals surface area (Å²) < 4.78 is 1.95. The first kappa shape index (κ1) is 16.1. The summed E-state index contributed by atoms with van der Waals surface area (Å²) >= 11 is 1.39. The van der Waals surface area contributed by atoms with E-state index < -0.39 is 0 Å². The molecule has 4 rings (SSSR count). The number of nitrogens with one attached hydrogen (secondary N) is 1. The monoisotopic (exact) mass is 360 g/mol. The van der Waals surface area contributed by atoms with Crippen molar-refractivity contribution in [3.05, 3.63) is 29.0 Å². The van der Waals surface area contributed by atoms with E-state index in [-0.39, 0.29) is 11.9 Å². The number of fused-ring (bicyclic) bond motifs is 1. The second-order valence-electron chi connectivity index (χ2n) is 6.25. The lowest BCUT2D eigenvalue weighted by Crippen LogP contribution is -2.51. The van der Waals surface area contributed by atoms with Gasteiger partial charge in [0.05, 0.1) is 0 Å². The van der Waals surface area contributed by atoms with Crippen molar-refractivity contribution < 1.29 is 9.59 Å². The highest BCUT2D eigenvalue weighted by Crippen LogP contribution is 2.17. The molecule has 3 amide bonds. The van der Waals surface area contributed by atoms with Crippen molar-refractivity contribution in [3.8, 4) is 0 Å². The molecule has 1 fully saturated rings. The van der Waals surface area contributed by atoms with Gasteiger partial charge < -0.3 is 9.80 Å². The van der Waals surface area contributed by atoms with Gasteiger partial charge in [0, 0.05) is 50.0 Å². The molecule has 4 heterocycles. The lowest BCUT2D eigenvalue weighted by molar-refractivity contribution is 0.0665. The number of urea groups is 1.